The lowest BCUT2D eigenvalue weighted by Crippen LogP contribution is -2.49. The number of aromatic nitrogens is 2. The van der Waals surface area contributed by atoms with Crippen molar-refractivity contribution < 1.29 is 4.42 Å². The first-order chi connectivity index (χ1) is 9.13. The molecule has 0 aliphatic carbocycles. The molecule has 2 aromatic heterocycles. The number of pyridine rings is 1. The zero-order chi connectivity index (χ0) is 13.4. The van der Waals surface area contributed by atoms with E-state index in [2.05, 4.69) is 33.6 Å². The minimum Gasteiger partial charge on any atom is -0.422 e. The smallest absolute Gasteiger partial charge is 0.300 e. The average Bonchev–Trinajstić information content (AvgIpc) is 2.81. The van der Waals surface area contributed by atoms with Crippen LogP contribution in [0.3, 0.4) is 0 Å². The van der Waals surface area contributed by atoms with Gasteiger partial charge < -0.3 is 9.32 Å². The molecule has 19 heavy (non-hydrogen) atoms. The third kappa shape index (κ3) is 2.42. The van der Waals surface area contributed by atoms with E-state index >= 15 is 0 Å². The summed E-state index contributed by atoms with van der Waals surface area (Å²) in [6.45, 7) is 10.5. The Morgan fingerprint density at radius 1 is 1.11 bits per heavy atom. The summed E-state index contributed by atoms with van der Waals surface area (Å²) in [5, 5.41) is 0. The molecule has 0 N–H and O–H groups in total. The van der Waals surface area contributed by atoms with Crippen LogP contribution in [0.25, 0.3) is 11.2 Å². The summed E-state index contributed by atoms with van der Waals surface area (Å²) >= 11 is 0. The molecule has 5 heteroatoms. The zero-order valence-corrected chi connectivity index (χ0v) is 11.8. The maximum absolute atomic E-state index is 5.79. The maximum atomic E-state index is 5.79. The van der Waals surface area contributed by atoms with E-state index in [1.165, 1.54) is 0 Å². The van der Waals surface area contributed by atoms with Crippen LogP contribution in [0.1, 0.15) is 19.5 Å². The Bertz CT molecular complexity index is 570. The molecule has 1 aliphatic rings. The molecule has 1 fully saturated rings. The van der Waals surface area contributed by atoms with E-state index in [4.69, 9.17) is 4.42 Å². The van der Waals surface area contributed by atoms with Gasteiger partial charge in [-0.15, -0.1) is 0 Å². The predicted octanol–water partition coefficient (Wildman–Crippen LogP) is 2.06. The molecule has 1 aliphatic heterocycles. The summed E-state index contributed by atoms with van der Waals surface area (Å²) < 4.78 is 5.79. The third-order valence-corrected chi connectivity index (χ3v) is 3.70. The van der Waals surface area contributed by atoms with Crippen LogP contribution in [0, 0.1) is 6.92 Å². The van der Waals surface area contributed by atoms with Crippen LogP contribution in [-0.2, 0) is 0 Å². The molecule has 102 valence electrons. The fourth-order valence-corrected chi connectivity index (χ4v) is 2.47. The van der Waals surface area contributed by atoms with E-state index in [1.54, 1.807) is 0 Å². The van der Waals surface area contributed by atoms with Crippen LogP contribution >= 0.6 is 0 Å². The summed E-state index contributed by atoms with van der Waals surface area (Å²) in [4.78, 5) is 13.6. The van der Waals surface area contributed by atoms with Crippen molar-refractivity contribution in [1.82, 2.24) is 14.9 Å². The number of aryl methyl sites for hydroxylation is 1. The fraction of sp³-hybridized carbons (Fsp3) is 0.571. The van der Waals surface area contributed by atoms with Gasteiger partial charge in [0.15, 0.2) is 5.58 Å². The second-order valence-corrected chi connectivity index (χ2v) is 5.39. The lowest BCUT2D eigenvalue weighted by atomic mass is 10.2. The van der Waals surface area contributed by atoms with Gasteiger partial charge in [0.25, 0.3) is 6.01 Å². The van der Waals surface area contributed by atoms with E-state index < -0.39 is 0 Å². The molecule has 5 nitrogen and oxygen atoms in total. The number of piperazine rings is 1. The first kappa shape index (κ1) is 12.4. The highest BCUT2D eigenvalue weighted by atomic mass is 16.4. The van der Waals surface area contributed by atoms with Crippen molar-refractivity contribution in [3.8, 4) is 0 Å². The topological polar surface area (TPSA) is 45.4 Å². The van der Waals surface area contributed by atoms with Gasteiger partial charge in [-0.1, -0.05) is 0 Å². The molecule has 2 aromatic rings. The van der Waals surface area contributed by atoms with E-state index in [0.29, 0.717) is 17.7 Å². The molecule has 0 aromatic carbocycles. The maximum Gasteiger partial charge on any atom is 0.300 e. The van der Waals surface area contributed by atoms with Crippen molar-refractivity contribution in [1.29, 1.82) is 0 Å². The van der Waals surface area contributed by atoms with Crippen molar-refractivity contribution in [2.24, 2.45) is 0 Å². The highest BCUT2D eigenvalue weighted by molar-refractivity contribution is 5.70. The SMILES string of the molecule is Cc1ccc2oc(N3CCN(C(C)C)CC3)nc2n1. The molecule has 0 spiro atoms. The summed E-state index contributed by atoms with van der Waals surface area (Å²) in [7, 11) is 0. The van der Waals surface area contributed by atoms with Gasteiger partial charge in [0.05, 0.1) is 0 Å². The minimum absolute atomic E-state index is 0.607. The van der Waals surface area contributed by atoms with Crippen LogP contribution in [0.4, 0.5) is 6.01 Å². The summed E-state index contributed by atoms with van der Waals surface area (Å²) in [5.74, 6) is 0. The van der Waals surface area contributed by atoms with Crippen LogP contribution in [0.5, 0.6) is 0 Å². The normalized spacial score (nSPS) is 17.6. The minimum atomic E-state index is 0.607. The average molecular weight is 260 g/mol. The lowest BCUT2D eigenvalue weighted by Gasteiger charge is -2.36. The van der Waals surface area contributed by atoms with Crippen molar-refractivity contribution in [3.05, 3.63) is 17.8 Å². The van der Waals surface area contributed by atoms with E-state index in [-0.39, 0.29) is 0 Å². The molecule has 3 rings (SSSR count). The van der Waals surface area contributed by atoms with Crippen LogP contribution in [0.15, 0.2) is 16.5 Å². The highest BCUT2D eigenvalue weighted by Gasteiger charge is 2.22. The Balaban J connectivity index is 1.78. The first-order valence-electron chi connectivity index (χ1n) is 6.86. The highest BCUT2D eigenvalue weighted by Crippen LogP contribution is 2.22. The van der Waals surface area contributed by atoms with Gasteiger partial charge in [0.1, 0.15) is 0 Å². The first-order valence-corrected chi connectivity index (χ1v) is 6.86. The summed E-state index contributed by atoms with van der Waals surface area (Å²) in [5.41, 5.74) is 2.45. The molecule has 0 saturated carbocycles. The van der Waals surface area contributed by atoms with E-state index in [0.717, 1.165) is 37.5 Å². The molecular weight excluding hydrogens is 240 g/mol. The van der Waals surface area contributed by atoms with Gasteiger partial charge in [-0.3, -0.25) is 4.90 Å². The molecule has 0 radical (unpaired) electrons. The molecular formula is C14H20N4O. The van der Waals surface area contributed by atoms with Gasteiger partial charge >= 0.3 is 0 Å². The van der Waals surface area contributed by atoms with Crippen molar-refractivity contribution >= 4 is 17.2 Å². The molecule has 0 unspecified atom stereocenters. The monoisotopic (exact) mass is 260 g/mol. The number of fused-ring (bicyclic) bond motifs is 1. The number of rotatable bonds is 2. The van der Waals surface area contributed by atoms with Crippen LogP contribution in [-0.4, -0.2) is 47.1 Å². The lowest BCUT2D eigenvalue weighted by molar-refractivity contribution is 0.206. The van der Waals surface area contributed by atoms with E-state index in [9.17, 15) is 0 Å². The van der Waals surface area contributed by atoms with Crippen molar-refractivity contribution in [2.45, 2.75) is 26.8 Å². The number of hydrogen-bond donors (Lipinski definition) is 0. The van der Waals surface area contributed by atoms with Crippen molar-refractivity contribution in [3.63, 3.8) is 0 Å². The Hall–Kier alpha value is -1.62. The largest absolute Gasteiger partial charge is 0.422 e. The number of oxazole rings is 1. The third-order valence-electron chi connectivity index (χ3n) is 3.70. The molecule has 3 heterocycles. The molecule has 0 amide bonds. The second-order valence-electron chi connectivity index (χ2n) is 5.39. The predicted molar refractivity (Wildman–Crippen MR) is 75.5 cm³/mol. The second kappa shape index (κ2) is 4.81. The number of anilines is 1. The Labute approximate surface area is 113 Å². The number of nitrogens with zero attached hydrogens (tertiary/aromatic N) is 4. The number of hydrogen-bond acceptors (Lipinski definition) is 5. The van der Waals surface area contributed by atoms with Crippen LogP contribution in [0.2, 0.25) is 0 Å². The van der Waals surface area contributed by atoms with Gasteiger partial charge in [0, 0.05) is 37.9 Å². The van der Waals surface area contributed by atoms with Gasteiger partial charge in [-0.05, 0) is 32.9 Å². The van der Waals surface area contributed by atoms with Crippen molar-refractivity contribution in [2.75, 3.05) is 31.1 Å². The summed E-state index contributed by atoms with van der Waals surface area (Å²) in [6.07, 6.45) is 0. The van der Waals surface area contributed by atoms with Gasteiger partial charge in [-0.2, -0.15) is 4.98 Å². The Morgan fingerprint density at radius 3 is 2.53 bits per heavy atom. The summed E-state index contributed by atoms with van der Waals surface area (Å²) in [6, 6.07) is 5.21. The standard InChI is InChI=1S/C14H20N4O/c1-10(2)17-6-8-18(9-7-17)14-16-13-12(19-14)5-4-11(3)15-13/h4-5,10H,6-9H2,1-3H3. The Kier molecular flexibility index (Phi) is 3.14. The quantitative estimate of drug-likeness (QED) is 0.827. The van der Waals surface area contributed by atoms with Crippen LogP contribution < -0.4 is 4.90 Å². The molecule has 1 saturated heterocycles. The zero-order valence-electron chi connectivity index (χ0n) is 11.8. The molecule has 0 atom stereocenters. The van der Waals surface area contributed by atoms with Gasteiger partial charge in [-0.25, -0.2) is 4.98 Å². The Morgan fingerprint density at radius 2 is 1.84 bits per heavy atom. The fourth-order valence-electron chi connectivity index (χ4n) is 2.47. The molecule has 0 bridgehead atoms. The van der Waals surface area contributed by atoms with Gasteiger partial charge in [0.2, 0.25) is 5.65 Å². The van der Waals surface area contributed by atoms with E-state index in [1.807, 2.05) is 19.1 Å².